The number of amides is 1. The summed E-state index contributed by atoms with van der Waals surface area (Å²) in [5.74, 6) is 0.210. The van der Waals surface area contributed by atoms with Crippen LogP contribution < -0.4 is 10.1 Å². The summed E-state index contributed by atoms with van der Waals surface area (Å²) in [6, 6.07) is 6.40. The number of carbonyl (C=O) groups is 2. The Morgan fingerprint density at radius 2 is 1.94 bits per heavy atom. The summed E-state index contributed by atoms with van der Waals surface area (Å²) in [6.45, 7) is 1.42. The minimum atomic E-state index is -0.748. The van der Waals surface area contributed by atoms with Crippen LogP contribution in [0.3, 0.4) is 0 Å². The van der Waals surface area contributed by atoms with Gasteiger partial charge in [0, 0.05) is 12.6 Å². The minimum absolute atomic E-state index is 0.155. The highest BCUT2D eigenvalue weighted by atomic mass is 127. The fourth-order valence-electron chi connectivity index (χ4n) is 0.980. The smallest absolute Gasteiger partial charge is 0.423 e. The molecule has 1 aromatic carbocycles. The van der Waals surface area contributed by atoms with Crippen molar-refractivity contribution in [1.29, 1.82) is 0 Å². The molecule has 6 heteroatoms. The largest absolute Gasteiger partial charge is 0.514 e. The Kier molecular flexibility index (Phi) is 5.03. The Balaban J connectivity index is 2.57. The van der Waals surface area contributed by atoms with Gasteiger partial charge < -0.3 is 14.8 Å². The van der Waals surface area contributed by atoms with Crippen molar-refractivity contribution in [3.8, 4) is 5.75 Å². The van der Waals surface area contributed by atoms with Crippen LogP contribution in [-0.4, -0.2) is 16.7 Å². The number of rotatable bonds is 3. The number of hydrogen-bond donors (Lipinski definition) is 1. The zero-order valence-electron chi connectivity index (χ0n) is 8.53. The predicted molar refractivity (Wildman–Crippen MR) is 66.7 cm³/mol. The van der Waals surface area contributed by atoms with Crippen molar-refractivity contribution in [3.05, 3.63) is 24.3 Å². The summed E-state index contributed by atoms with van der Waals surface area (Å²) >= 11 is 1.89. The lowest BCUT2D eigenvalue weighted by atomic mass is 10.3. The second-order valence-corrected chi connectivity index (χ2v) is 3.43. The van der Waals surface area contributed by atoms with Crippen molar-refractivity contribution in [1.82, 2.24) is 0 Å². The summed E-state index contributed by atoms with van der Waals surface area (Å²) in [5.41, 5.74) is 0.641. The molecule has 0 aliphatic heterocycles. The number of anilines is 1. The fourth-order valence-corrected chi connectivity index (χ4v) is 1.23. The molecule has 1 amide bonds. The molecule has 0 unspecified atom stereocenters. The molecule has 0 atom stereocenters. The summed E-state index contributed by atoms with van der Waals surface area (Å²) in [6.07, 6.45) is -0.748. The summed E-state index contributed by atoms with van der Waals surface area (Å²) in [7, 11) is 0. The maximum Gasteiger partial charge on any atom is 0.514 e. The highest BCUT2D eigenvalue weighted by Gasteiger charge is 2.04. The summed E-state index contributed by atoms with van der Waals surface area (Å²) in [5, 5.41) is 2.60. The average Bonchev–Trinajstić information content (AvgIpc) is 2.20. The Morgan fingerprint density at radius 3 is 2.44 bits per heavy atom. The highest BCUT2D eigenvalue weighted by molar-refractivity contribution is 14.1. The lowest BCUT2D eigenvalue weighted by Gasteiger charge is -2.05. The van der Waals surface area contributed by atoms with Crippen molar-refractivity contribution in [2.75, 3.05) is 9.93 Å². The second-order valence-electron chi connectivity index (χ2n) is 2.81. The number of halogens is 1. The molecule has 0 saturated heterocycles. The van der Waals surface area contributed by atoms with Gasteiger partial charge in [0.2, 0.25) is 5.91 Å². The van der Waals surface area contributed by atoms with Crippen molar-refractivity contribution in [3.63, 3.8) is 0 Å². The first-order valence-corrected chi connectivity index (χ1v) is 5.92. The molecule has 0 aromatic heterocycles. The third-order valence-corrected chi connectivity index (χ3v) is 1.86. The van der Waals surface area contributed by atoms with E-state index in [0.29, 0.717) is 11.4 Å². The van der Waals surface area contributed by atoms with Crippen LogP contribution in [0.2, 0.25) is 0 Å². The lowest BCUT2D eigenvalue weighted by molar-refractivity contribution is -0.114. The second kappa shape index (κ2) is 6.31. The molecule has 0 fully saturated rings. The van der Waals surface area contributed by atoms with Crippen LogP contribution in [-0.2, 0) is 9.53 Å². The quantitative estimate of drug-likeness (QED) is 0.399. The lowest BCUT2D eigenvalue weighted by Crippen LogP contribution is -2.09. The number of ether oxygens (including phenoxy) is 2. The number of carbonyl (C=O) groups excluding carboxylic acids is 2. The first-order valence-electron chi connectivity index (χ1n) is 4.40. The molecule has 1 rings (SSSR count). The van der Waals surface area contributed by atoms with Gasteiger partial charge in [0.25, 0.3) is 0 Å². The number of nitrogens with one attached hydrogen (secondary N) is 1. The number of hydrogen-bond acceptors (Lipinski definition) is 4. The van der Waals surface area contributed by atoms with Crippen molar-refractivity contribution < 1.29 is 19.1 Å². The van der Waals surface area contributed by atoms with E-state index in [9.17, 15) is 9.59 Å². The third kappa shape index (κ3) is 4.47. The van der Waals surface area contributed by atoms with Crippen LogP contribution >= 0.6 is 22.6 Å². The van der Waals surface area contributed by atoms with Crippen LogP contribution in [0.25, 0.3) is 0 Å². The van der Waals surface area contributed by atoms with E-state index in [1.807, 2.05) is 22.6 Å². The van der Waals surface area contributed by atoms with Crippen LogP contribution in [0.5, 0.6) is 5.75 Å². The zero-order chi connectivity index (χ0) is 12.0. The maximum atomic E-state index is 11.0. The Morgan fingerprint density at radius 1 is 1.31 bits per heavy atom. The van der Waals surface area contributed by atoms with E-state index in [0.717, 1.165) is 0 Å². The normalized spacial score (nSPS) is 9.38. The van der Waals surface area contributed by atoms with Gasteiger partial charge in [-0.1, -0.05) is 0 Å². The molecule has 1 N–H and O–H groups in total. The summed E-state index contributed by atoms with van der Waals surface area (Å²) < 4.78 is 9.67. The fraction of sp³-hybridized carbons (Fsp3) is 0.200. The maximum absolute atomic E-state index is 11.0. The standard InChI is InChI=1S/C10H10INO4/c1-7(13)12-8-2-4-9(5-3-8)16-10(14)15-6-11/h2-5H,6H2,1H3,(H,12,13). The first kappa shape index (κ1) is 12.8. The molecule has 0 radical (unpaired) electrons. The van der Waals surface area contributed by atoms with Gasteiger partial charge in [-0.2, -0.15) is 0 Å². The van der Waals surface area contributed by atoms with Crippen LogP contribution in [0.4, 0.5) is 10.5 Å². The first-order chi connectivity index (χ1) is 7.61. The highest BCUT2D eigenvalue weighted by Crippen LogP contribution is 2.16. The molecule has 0 aliphatic carbocycles. The van der Waals surface area contributed by atoms with Crippen LogP contribution in [0.1, 0.15) is 6.92 Å². The molecule has 16 heavy (non-hydrogen) atoms. The predicted octanol–water partition coefficient (Wildman–Crippen LogP) is 2.55. The molecule has 0 heterocycles. The number of alkyl halides is 1. The van der Waals surface area contributed by atoms with E-state index in [-0.39, 0.29) is 10.5 Å². The topological polar surface area (TPSA) is 64.6 Å². The van der Waals surface area contributed by atoms with Crippen molar-refractivity contribution in [2.24, 2.45) is 0 Å². The Labute approximate surface area is 106 Å². The minimum Gasteiger partial charge on any atom is -0.423 e. The van der Waals surface area contributed by atoms with Gasteiger partial charge in [0.1, 0.15) is 10.4 Å². The van der Waals surface area contributed by atoms with Gasteiger partial charge in [0.15, 0.2) is 0 Å². The monoisotopic (exact) mass is 335 g/mol. The van der Waals surface area contributed by atoms with Gasteiger partial charge in [-0.25, -0.2) is 4.79 Å². The molecule has 1 aromatic rings. The molecular weight excluding hydrogens is 325 g/mol. The Hall–Kier alpha value is -1.31. The molecule has 86 valence electrons. The van der Waals surface area contributed by atoms with Crippen LogP contribution in [0, 0.1) is 0 Å². The van der Waals surface area contributed by atoms with Gasteiger partial charge in [-0.15, -0.1) is 0 Å². The average molecular weight is 335 g/mol. The van der Waals surface area contributed by atoms with E-state index in [1.165, 1.54) is 6.92 Å². The SMILES string of the molecule is CC(=O)Nc1ccc(OC(=O)OCI)cc1. The van der Waals surface area contributed by atoms with Crippen LogP contribution in [0.15, 0.2) is 24.3 Å². The van der Waals surface area contributed by atoms with E-state index >= 15 is 0 Å². The van der Waals surface area contributed by atoms with E-state index < -0.39 is 6.16 Å². The van der Waals surface area contributed by atoms with Gasteiger partial charge in [-0.05, 0) is 46.9 Å². The van der Waals surface area contributed by atoms with Gasteiger partial charge in [-0.3, -0.25) is 4.79 Å². The molecule has 0 saturated carbocycles. The molecular formula is C10H10INO4. The Bertz CT molecular complexity index is 377. The van der Waals surface area contributed by atoms with E-state index in [4.69, 9.17) is 4.74 Å². The third-order valence-electron chi connectivity index (χ3n) is 1.55. The molecule has 0 spiro atoms. The number of benzene rings is 1. The molecule has 0 aliphatic rings. The zero-order valence-corrected chi connectivity index (χ0v) is 10.7. The van der Waals surface area contributed by atoms with E-state index in [2.05, 4.69) is 10.1 Å². The molecule has 5 nitrogen and oxygen atoms in total. The van der Waals surface area contributed by atoms with Crippen molar-refractivity contribution >= 4 is 40.3 Å². The van der Waals surface area contributed by atoms with Gasteiger partial charge >= 0.3 is 6.16 Å². The van der Waals surface area contributed by atoms with Gasteiger partial charge in [0.05, 0.1) is 0 Å². The van der Waals surface area contributed by atoms with Crippen molar-refractivity contribution in [2.45, 2.75) is 6.92 Å². The summed E-state index contributed by atoms with van der Waals surface area (Å²) in [4.78, 5) is 21.7. The van der Waals surface area contributed by atoms with E-state index in [1.54, 1.807) is 24.3 Å². The molecule has 0 bridgehead atoms.